The fourth-order valence-electron chi connectivity index (χ4n) is 2.36. The lowest BCUT2D eigenvalue weighted by Gasteiger charge is -2.21. The van der Waals surface area contributed by atoms with Crippen LogP contribution in [0, 0.1) is 5.82 Å². The SMILES string of the molecule is CC1CCCN1Cc1cccc(CN)c1F. The fraction of sp³-hybridized carbons (Fsp3) is 0.538. The number of nitrogens with two attached hydrogens (primary N) is 1. The van der Waals surface area contributed by atoms with Crippen LogP contribution in [0.4, 0.5) is 4.39 Å². The number of halogens is 1. The molecule has 1 fully saturated rings. The molecule has 2 rings (SSSR count). The van der Waals surface area contributed by atoms with E-state index in [1.807, 2.05) is 12.1 Å². The highest BCUT2D eigenvalue weighted by Gasteiger charge is 2.21. The van der Waals surface area contributed by atoms with Crippen LogP contribution in [0.5, 0.6) is 0 Å². The summed E-state index contributed by atoms with van der Waals surface area (Å²) in [4.78, 5) is 2.33. The molecule has 1 unspecified atom stereocenters. The van der Waals surface area contributed by atoms with Crippen molar-refractivity contribution in [2.24, 2.45) is 5.73 Å². The second-order valence-corrected chi connectivity index (χ2v) is 4.56. The Morgan fingerprint density at radius 2 is 2.19 bits per heavy atom. The molecular weight excluding hydrogens is 203 g/mol. The van der Waals surface area contributed by atoms with Crippen LogP contribution in [-0.4, -0.2) is 17.5 Å². The van der Waals surface area contributed by atoms with E-state index >= 15 is 0 Å². The average Bonchev–Trinajstić information content (AvgIpc) is 2.68. The van der Waals surface area contributed by atoms with Crippen LogP contribution in [0.2, 0.25) is 0 Å². The maximum Gasteiger partial charge on any atom is 0.132 e. The van der Waals surface area contributed by atoms with Crippen molar-refractivity contribution < 1.29 is 4.39 Å². The van der Waals surface area contributed by atoms with Gasteiger partial charge in [-0.2, -0.15) is 0 Å². The summed E-state index contributed by atoms with van der Waals surface area (Å²) in [6.07, 6.45) is 2.44. The highest BCUT2D eigenvalue weighted by atomic mass is 19.1. The minimum atomic E-state index is -0.121. The van der Waals surface area contributed by atoms with E-state index in [2.05, 4.69) is 11.8 Å². The highest BCUT2D eigenvalue weighted by molar-refractivity contribution is 5.26. The Balaban J connectivity index is 2.14. The summed E-state index contributed by atoms with van der Waals surface area (Å²) < 4.78 is 13.9. The van der Waals surface area contributed by atoms with Crippen molar-refractivity contribution in [2.75, 3.05) is 6.54 Å². The van der Waals surface area contributed by atoms with E-state index in [1.54, 1.807) is 6.07 Å². The summed E-state index contributed by atoms with van der Waals surface area (Å²) in [7, 11) is 0. The second kappa shape index (κ2) is 4.93. The lowest BCUT2D eigenvalue weighted by Crippen LogP contribution is -2.26. The van der Waals surface area contributed by atoms with E-state index in [4.69, 9.17) is 5.73 Å². The van der Waals surface area contributed by atoms with E-state index in [-0.39, 0.29) is 12.4 Å². The molecule has 88 valence electrons. The molecule has 0 aliphatic carbocycles. The van der Waals surface area contributed by atoms with Crippen LogP contribution >= 0.6 is 0 Å². The van der Waals surface area contributed by atoms with Crippen molar-refractivity contribution in [3.63, 3.8) is 0 Å². The Hall–Kier alpha value is -0.930. The Kier molecular flexibility index (Phi) is 3.56. The van der Waals surface area contributed by atoms with Crippen molar-refractivity contribution in [3.05, 3.63) is 35.1 Å². The van der Waals surface area contributed by atoms with Crippen LogP contribution in [0.3, 0.4) is 0 Å². The standard InChI is InChI=1S/C13H19FN2/c1-10-4-3-7-16(10)9-12-6-2-5-11(8-15)13(12)14/h2,5-6,10H,3-4,7-9,15H2,1H3. The molecule has 0 aromatic heterocycles. The molecule has 1 heterocycles. The van der Waals surface area contributed by atoms with E-state index in [0.717, 1.165) is 12.1 Å². The molecule has 1 saturated heterocycles. The van der Waals surface area contributed by atoms with Crippen LogP contribution < -0.4 is 5.73 Å². The van der Waals surface area contributed by atoms with Gasteiger partial charge in [0, 0.05) is 30.3 Å². The third-order valence-electron chi connectivity index (χ3n) is 3.44. The molecule has 16 heavy (non-hydrogen) atoms. The van der Waals surface area contributed by atoms with Gasteiger partial charge >= 0.3 is 0 Å². The van der Waals surface area contributed by atoms with Gasteiger partial charge in [0.05, 0.1) is 0 Å². The number of hydrogen-bond donors (Lipinski definition) is 1. The van der Waals surface area contributed by atoms with Gasteiger partial charge in [-0.05, 0) is 26.3 Å². The summed E-state index contributed by atoms with van der Waals surface area (Å²) in [5, 5.41) is 0. The molecule has 0 bridgehead atoms. The average molecular weight is 222 g/mol. The highest BCUT2D eigenvalue weighted by Crippen LogP contribution is 2.21. The van der Waals surface area contributed by atoms with Crippen molar-refractivity contribution in [3.8, 4) is 0 Å². The predicted octanol–water partition coefficient (Wildman–Crippen LogP) is 2.27. The molecule has 1 aliphatic heterocycles. The summed E-state index contributed by atoms with van der Waals surface area (Å²) in [5.74, 6) is -0.121. The zero-order chi connectivity index (χ0) is 11.5. The number of hydrogen-bond acceptors (Lipinski definition) is 2. The molecule has 2 N–H and O–H groups in total. The van der Waals surface area contributed by atoms with Crippen LogP contribution in [0.25, 0.3) is 0 Å². The molecule has 1 aromatic rings. The normalized spacial score (nSPS) is 21.6. The predicted molar refractivity (Wildman–Crippen MR) is 63.4 cm³/mol. The van der Waals surface area contributed by atoms with Gasteiger partial charge in [0.2, 0.25) is 0 Å². The largest absolute Gasteiger partial charge is 0.326 e. The molecule has 0 spiro atoms. The third-order valence-corrected chi connectivity index (χ3v) is 3.44. The smallest absolute Gasteiger partial charge is 0.132 e. The molecular formula is C13H19FN2. The third kappa shape index (κ3) is 2.25. The Labute approximate surface area is 96.2 Å². The van der Waals surface area contributed by atoms with Crippen LogP contribution in [0.1, 0.15) is 30.9 Å². The Morgan fingerprint density at radius 3 is 2.81 bits per heavy atom. The van der Waals surface area contributed by atoms with E-state index in [9.17, 15) is 4.39 Å². The Bertz CT molecular complexity index is 365. The first-order valence-electron chi connectivity index (χ1n) is 5.92. The molecule has 0 saturated carbocycles. The fourth-order valence-corrected chi connectivity index (χ4v) is 2.36. The zero-order valence-electron chi connectivity index (χ0n) is 9.75. The van der Waals surface area contributed by atoms with Gasteiger partial charge in [-0.3, -0.25) is 4.90 Å². The van der Waals surface area contributed by atoms with Crippen molar-refractivity contribution in [1.29, 1.82) is 0 Å². The quantitative estimate of drug-likeness (QED) is 0.850. The van der Waals surface area contributed by atoms with Crippen LogP contribution in [-0.2, 0) is 13.1 Å². The monoisotopic (exact) mass is 222 g/mol. The van der Waals surface area contributed by atoms with E-state index < -0.39 is 0 Å². The minimum Gasteiger partial charge on any atom is -0.326 e. The lowest BCUT2D eigenvalue weighted by molar-refractivity contribution is 0.256. The van der Waals surface area contributed by atoms with Crippen molar-refractivity contribution in [2.45, 2.75) is 38.9 Å². The minimum absolute atomic E-state index is 0.121. The maximum atomic E-state index is 13.9. The summed E-state index contributed by atoms with van der Waals surface area (Å²) in [5.41, 5.74) is 6.89. The maximum absolute atomic E-state index is 13.9. The first-order valence-corrected chi connectivity index (χ1v) is 5.92. The van der Waals surface area contributed by atoms with Gasteiger partial charge in [0.1, 0.15) is 5.82 Å². The number of nitrogens with zero attached hydrogens (tertiary/aromatic N) is 1. The number of rotatable bonds is 3. The first-order chi connectivity index (χ1) is 7.72. The zero-order valence-corrected chi connectivity index (χ0v) is 9.75. The molecule has 3 heteroatoms. The topological polar surface area (TPSA) is 29.3 Å². The molecule has 1 aliphatic rings. The van der Waals surface area contributed by atoms with Gasteiger partial charge in [0.15, 0.2) is 0 Å². The summed E-state index contributed by atoms with van der Waals surface area (Å²) in [6.45, 7) is 4.27. The van der Waals surface area contributed by atoms with E-state index in [0.29, 0.717) is 18.2 Å². The van der Waals surface area contributed by atoms with Gasteiger partial charge in [-0.1, -0.05) is 18.2 Å². The molecule has 2 nitrogen and oxygen atoms in total. The summed E-state index contributed by atoms with van der Waals surface area (Å²) >= 11 is 0. The molecule has 1 aromatic carbocycles. The first kappa shape index (κ1) is 11.6. The molecule has 0 amide bonds. The number of benzene rings is 1. The van der Waals surface area contributed by atoms with Gasteiger partial charge in [-0.25, -0.2) is 4.39 Å². The van der Waals surface area contributed by atoms with E-state index in [1.165, 1.54) is 12.8 Å². The van der Waals surface area contributed by atoms with Gasteiger partial charge < -0.3 is 5.73 Å². The second-order valence-electron chi connectivity index (χ2n) is 4.56. The Morgan fingerprint density at radius 1 is 1.44 bits per heavy atom. The van der Waals surface area contributed by atoms with Gasteiger partial charge in [-0.15, -0.1) is 0 Å². The number of likely N-dealkylation sites (tertiary alicyclic amines) is 1. The molecule has 0 radical (unpaired) electrons. The van der Waals surface area contributed by atoms with Gasteiger partial charge in [0.25, 0.3) is 0 Å². The lowest BCUT2D eigenvalue weighted by atomic mass is 10.1. The van der Waals surface area contributed by atoms with Crippen molar-refractivity contribution in [1.82, 2.24) is 4.90 Å². The van der Waals surface area contributed by atoms with Crippen LogP contribution in [0.15, 0.2) is 18.2 Å². The van der Waals surface area contributed by atoms with Crippen molar-refractivity contribution >= 4 is 0 Å². The summed E-state index contributed by atoms with van der Waals surface area (Å²) in [6, 6.07) is 6.08. The molecule has 1 atom stereocenters.